The largest absolute Gasteiger partial charge is 0.394 e. The minimum absolute atomic E-state index is 0.304. The van der Waals surface area contributed by atoms with Gasteiger partial charge < -0.3 is 15.7 Å². The van der Waals surface area contributed by atoms with Gasteiger partial charge in [-0.3, -0.25) is 14.6 Å². The highest BCUT2D eigenvalue weighted by Crippen LogP contribution is 2.14. The molecule has 6 nitrogen and oxygen atoms in total. The van der Waals surface area contributed by atoms with Gasteiger partial charge >= 0.3 is 0 Å². The van der Waals surface area contributed by atoms with Gasteiger partial charge in [-0.05, 0) is 12.5 Å². The van der Waals surface area contributed by atoms with Crippen molar-refractivity contribution in [2.75, 3.05) is 18.9 Å². The van der Waals surface area contributed by atoms with Crippen molar-refractivity contribution in [1.29, 1.82) is 0 Å². The van der Waals surface area contributed by atoms with Crippen LogP contribution in [-0.2, 0) is 9.59 Å². The van der Waals surface area contributed by atoms with E-state index in [-0.39, 0.29) is 5.91 Å². The summed E-state index contributed by atoms with van der Waals surface area (Å²) in [6, 6.07) is 8.29. The standard InChI is InChI=1S/C15H19N3O3S/c1-10(11-5-3-2-4-6-11)13(20)17-12(9-19)14(21)18-15-16-7-8-22-15/h2-6,10,12,19H,7-9H2,1H3,(H,17,20)(H,16,18,21)/t10?,12-/m0/s1. The molecule has 0 aromatic heterocycles. The molecule has 3 N–H and O–H groups in total. The summed E-state index contributed by atoms with van der Waals surface area (Å²) >= 11 is 1.44. The maximum atomic E-state index is 12.2. The Labute approximate surface area is 133 Å². The van der Waals surface area contributed by atoms with Crippen molar-refractivity contribution in [2.24, 2.45) is 4.99 Å². The van der Waals surface area contributed by atoms with Gasteiger partial charge in [0.05, 0.1) is 19.1 Å². The molecule has 22 heavy (non-hydrogen) atoms. The summed E-state index contributed by atoms with van der Waals surface area (Å²) in [4.78, 5) is 28.4. The number of hydrogen-bond donors (Lipinski definition) is 3. The van der Waals surface area contributed by atoms with Crippen LogP contribution in [0.4, 0.5) is 0 Å². The molecule has 0 radical (unpaired) electrons. The van der Waals surface area contributed by atoms with E-state index in [1.165, 1.54) is 11.8 Å². The second kappa shape index (κ2) is 7.95. The Kier molecular flexibility index (Phi) is 5.97. The smallest absolute Gasteiger partial charge is 0.250 e. The Morgan fingerprint density at radius 3 is 2.64 bits per heavy atom. The molecule has 7 heteroatoms. The van der Waals surface area contributed by atoms with Crippen molar-refractivity contribution in [3.05, 3.63) is 35.9 Å². The van der Waals surface area contributed by atoms with E-state index >= 15 is 0 Å². The number of benzene rings is 1. The van der Waals surface area contributed by atoms with E-state index < -0.39 is 24.5 Å². The molecule has 1 aromatic carbocycles. The third-order valence-corrected chi connectivity index (χ3v) is 4.22. The Bertz CT molecular complexity index is 562. The van der Waals surface area contributed by atoms with Gasteiger partial charge in [0.25, 0.3) is 5.91 Å². The van der Waals surface area contributed by atoms with Crippen LogP contribution >= 0.6 is 11.8 Å². The lowest BCUT2D eigenvalue weighted by Crippen LogP contribution is -2.50. The lowest BCUT2D eigenvalue weighted by Gasteiger charge is -2.19. The van der Waals surface area contributed by atoms with Crippen molar-refractivity contribution in [2.45, 2.75) is 18.9 Å². The summed E-state index contributed by atoms with van der Waals surface area (Å²) in [5.74, 6) is -0.330. The van der Waals surface area contributed by atoms with Crippen LogP contribution in [0.3, 0.4) is 0 Å². The zero-order chi connectivity index (χ0) is 15.9. The van der Waals surface area contributed by atoms with Gasteiger partial charge in [0.1, 0.15) is 6.04 Å². The van der Waals surface area contributed by atoms with Gasteiger partial charge in [-0.15, -0.1) is 0 Å². The molecule has 0 aliphatic carbocycles. The Morgan fingerprint density at radius 1 is 1.32 bits per heavy atom. The van der Waals surface area contributed by atoms with Gasteiger partial charge in [-0.25, -0.2) is 0 Å². The van der Waals surface area contributed by atoms with Gasteiger partial charge in [-0.1, -0.05) is 42.1 Å². The van der Waals surface area contributed by atoms with Crippen molar-refractivity contribution in [1.82, 2.24) is 10.6 Å². The number of carbonyl (C=O) groups is 2. The van der Waals surface area contributed by atoms with Gasteiger partial charge in [0.15, 0.2) is 5.17 Å². The normalized spacial score (nSPS) is 16.5. The monoisotopic (exact) mass is 321 g/mol. The van der Waals surface area contributed by atoms with Crippen LogP contribution in [0.15, 0.2) is 35.3 Å². The SMILES string of the molecule is CC(C(=O)N[C@@H](CO)C(=O)NC1=NCCS1)c1ccccc1. The molecule has 0 bridgehead atoms. The fraction of sp³-hybridized carbons (Fsp3) is 0.400. The third-order valence-electron chi connectivity index (χ3n) is 3.32. The lowest BCUT2D eigenvalue weighted by atomic mass is 10.00. The van der Waals surface area contributed by atoms with Crippen LogP contribution in [0.1, 0.15) is 18.4 Å². The van der Waals surface area contributed by atoms with E-state index in [0.29, 0.717) is 11.7 Å². The maximum absolute atomic E-state index is 12.2. The number of aliphatic hydroxyl groups excluding tert-OH is 1. The molecule has 0 saturated carbocycles. The fourth-order valence-electron chi connectivity index (χ4n) is 1.99. The summed E-state index contributed by atoms with van der Waals surface area (Å²) in [6.45, 7) is 1.96. The number of carbonyl (C=O) groups excluding carboxylic acids is 2. The highest BCUT2D eigenvalue weighted by atomic mass is 32.2. The number of nitrogens with zero attached hydrogens (tertiary/aromatic N) is 1. The van der Waals surface area contributed by atoms with Crippen LogP contribution in [0, 0.1) is 0 Å². The lowest BCUT2D eigenvalue weighted by molar-refractivity contribution is -0.129. The third kappa shape index (κ3) is 4.32. The minimum atomic E-state index is -0.984. The van der Waals surface area contributed by atoms with E-state index in [2.05, 4.69) is 15.6 Å². The molecular weight excluding hydrogens is 302 g/mol. The average Bonchev–Trinajstić information content (AvgIpc) is 3.05. The van der Waals surface area contributed by atoms with Crippen LogP contribution in [0.2, 0.25) is 0 Å². The number of hydrogen-bond acceptors (Lipinski definition) is 5. The molecule has 1 aromatic rings. The average molecular weight is 321 g/mol. The minimum Gasteiger partial charge on any atom is -0.394 e. The molecule has 2 amide bonds. The van der Waals surface area contributed by atoms with Crippen molar-refractivity contribution in [3.63, 3.8) is 0 Å². The molecular formula is C15H19N3O3S. The molecule has 1 aliphatic rings. The van der Waals surface area contributed by atoms with E-state index in [1.54, 1.807) is 6.92 Å². The topological polar surface area (TPSA) is 90.8 Å². The predicted molar refractivity (Wildman–Crippen MR) is 86.8 cm³/mol. The number of nitrogens with one attached hydrogen (secondary N) is 2. The van der Waals surface area contributed by atoms with Crippen LogP contribution in [0.5, 0.6) is 0 Å². The molecule has 1 heterocycles. The number of aliphatic hydroxyl groups is 1. The van der Waals surface area contributed by atoms with Gasteiger partial charge in [-0.2, -0.15) is 0 Å². The highest BCUT2D eigenvalue weighted by molar-refractivity contribution is 8.14. The molecule has 0 spiro atoms. The Balaban J connectivity index is 1.94. The Morgan fingerprint density at radius 2 is 2.05 bits per heavy atom. The van der Waals surface area contributed by atoms with Crippen molar-refractivity contribution < 1.29 is 14.7 Å². The first-order chi connectivity index (χ1) is 10.6. The van der Waals surface area contributed by atoms with Crippen LogP contribution < -0.4 is 10.6 Å². The zero-order valence-electron chi connectivity index (χ0n) is 12.3. The molecule has 1 aliphatic heterocycles. The highest BCUT2D eigenvalue weighted by Gasteiger charge is 2.25. The second-order valence-electron chi connectivity index (χ2n) is 4.90. The van der Waals surface area contributed by atoms with Gasteiger partial charge in [0.2, 0.25) is 5.91 Å². The predicted octanol–water partition coefficient (Wildman–Crippen LogP) is 0.486. The number of rotatable bonds is 5. The summed E-state index contributed by atoms with van der Waals surface area (Å²) in [5, 5.41) is 15.1. The number of aliphatic imine (C=N–C) groups is 1. The van der Waals surface area contributed by atoms with Gasteiger partial charge in [0, 0.05) is 5.75 Å². The number of thioether (sulfide) groups is 1. The first-order valence-electron chi connectivity index (χ1n) is 7.06. The first kappa shape index (κ1) is 16.5. The van der Waals surface area contributed by atoms with E-state index in [1.807, 2.05) is 30.3 Å². The first-order valence-corrected chi connectivity index (χ1v) is 8.04. The molecule has 0 fully saturated rings. The molecule has 0 saturated heterocycles. The second-order valence-corrected chi connectivity index (χ2v) is 5.98. The molecule has 2 atom stereocenters. The quantitative estimate of drug-likeness (QED) is 0.736. The number of amidine groups is 1. The molecule has 118 valence electrons. The summed E-state index contributed by atoms with van der Waals surface area (Å²) < 4.78 is 0. The summed E-state index contributed by atoms with van der Waals surface area (Å²) in [5.41, 5.74) is 0.854. The zero-order valence-corrected chi connectivity index (χ0v) is 13.1. The summed E-state index contributed by atoms with van der Waals surface area (Å²) in [7, 11) is 0. The van der Waals surface area contributed by atoms with E-state index in [0.717, 1.165) is 11.3 Å². The van der Waals surface area contributed by atoms with Crippen molar-refractivity contribution in [3.8, 4) is 0 Å². The number of amides is 2. The summed E-state index contributed by atoms with van der Waals surface area (Å²) in [6.07, 6.45) is 0. The van der Waals surface area contributed by atoms with Crippen LogP contribution in [-0.4, -0.2) is 47.0 Å². The van der Waals surface area contributed by atoms with Crippen molar-refractivity contribution >= 4 is 28.7 Å². The Hall–Kier alpha value is -1.86. The van der Waals surface area contributed by atoms with Crippen LogP contribution in [0.25, 0.3) is 0 Å². The van der Waals surface area contributed by atoms with E-state index in [9.17, 15) is 14.7 Å². The molecule has 2 rings (SSSR count). The van der Waals surface area contributed by atoms with E-state index in [4.69, 9.17) is 0 Å². The maximum Gasteiger partial charge on any atom is 0.250 e. The molecule has 1 unspecified atom stereocenters. The fourth-order valence-corrected chi connectivity index (χ4v) is 2.72.